The number of aromatic nitrogens is 1. The first-order valence-corrected chi connectivity index (χ1v) is 7.06. The van der Waals surface area contributed by atoms with Crippen LogP contribution in [0.25, 0.3) is 0 Å². The summed E-state index contributed by atoms with van der Waals surface area (Å²) in [7, 11) is -3.95. The van der Waals surface area contributed by atoms with E-state index in [9.17, 15) is 31.2 Å². The van der Waals surface area contributed by atoms with Gasteiger partial charge in [0.15, 0.2) is 9.84 Å². The zero-order chi connectivity index (χ0) is 15.7. The minimum absolute atomic E-state index is 0.0811. The fourth-order valence-corrected chi connectivity index (χ4v) is 2.24. The summed E-state index contributed by atoms with van der Waals surface area (Å²) in [6, 6.07) is 0.874. The van der Waals surface area contributed by atoms with E-state index in [1.165, 1.54) is 6.92 Å². The quantitative estimate of drug-likeness (QED) is 0.893. The number of hydrogen-bond donors (Lipinski definition) is 1. The van der Waals surface area contributed by atoms with Crippen LogP contribution in [-0.2, 0) is 21.9 Å². The molecule has 0 aromatic carbocycles. The van der Waals surface area contributed by atoms with Gasteiger partial charge in [0.05, 0.1) is 0 Å². The molecule has 0 atom stereocenters. The molecule has 0 aliphatic rings. The molecule has 1 aromatic heterocycles. The molecule has 1 aromatic rings. The second-order valence-corrected chi connectivity index (χ2v) is 6.15. The van der Waals surface area contributed by atoms with Crippen LogP contribution in [0.5, 0.6) is 0 Å². The Bertz CT molecular complexity index is 690. The fourth-order valence-electron chi connectivity index (χ4n) is 1.40. The molecule has 10 heteroatoms. The molecule has 0 spiro atoms. The van der Waals surface area contributed by atoms with Gasteiger partial charge in [0, 0.05) is 5.75 Å². The molecule has 1 N–H and O–H groups in total. The molecule has 0 saturated heterocycles. The van der Waals surface area contributed by atoms with Crippen LogP contribution in [0, 0.1) is 0 Å². The average molecular weight is 313 g/mol. The van der Waals surface area contributed by atoms with E-state index in [1.54, 1.807) is 0 Å². The number of carboxylic acids is 1. The summed E-state index contributed by atoms with van der Waals surface area (Å²) >= 11 is 0. The second-order valence-electron chi connectivity index (χ2n) is 3.83. The molecule has 0 aliphatic carbocycles. The third-order valence-electron chi connectivity index (χ3n) is 2.46. The Morgan fingerprint density at radius 1 is 1.35 bits per heavy atom. The highest BCUT2D eigenvalue weighted by Crippen LogP contribution is 2.28. The molecule has 0 unspecified atom stereocenters. The first kappa shape index (κ1) is 16.2. The monoisotopic (exact) mass is 313 g/mol. The zero-order valence-corrected chi connectivity index (χ0v) is 11.0. The maximum Gasteiger partial charge on any atom is 0.431 e. The zero-order valence-electron chi connectivity index (χ0n) is 10.1. The van der Waals surface area contributed by atoms with Gasteiger partial charge in [-0.1, -0.05) is 6.92 Å². The third kappa shape index (κ3) is 3.38. The normalized spacial score (nSPS) is 12.4. The van der Waals surface area contributed by atoms with Crippen molar-refractivity contribution in [3.05, 3.63) is 33.7 Å². The fraction of sp³-hybridized carbons (Fsp3) is 0.400. The van der Waals surface area contributed by atoms with Crippen LogP contribution >= 0.6 is 0 Å². The maximum absolute atomic E-state index is 12.7. The Balaban J connectivity index is 3.63. The van der Waals surface area contributed by atoms with E-state index in [-0.39, 0.29) is 4.57 Å². The van der Waals surface area contributed by atoms with Gasteiger partial charge in [-0.3, -0.25) is 9.36 Å². The first-order chi connectivity index (χ1) is 8.99. The number of aromatic carboxylic acids is 1. The van der Waals surface area contributed by atoms with Crippen molar-refractivity contribution in [1.82, 2.24) is 4.57 Å². The molecule has 0 radical (unpaired) electrons. The SMILES string of the molecule is CCS(=O)(=O)Cn1c(C(F)(F)F)ccc(C(=O)O)c1=O. The number of rotatable bonds is 4. The molecule has 0 saturated carbocycles. The van der Waals surface area contributed by atoms with Crippen LogP contribution in [0.1, 0.15) is 23.0 Å². The predicted molar refractivity (Wildman–Crippen MR) is 62.1 cm³/mol. The van der Waals surface area contributed by atoms with Crippen molar-refractivity contribution in [2.45, 2.75) is 19.0 Å². The maximum atomic E-state index is 12.7. The lowest BCUT2D eigenvalue weighted by atomic mass is 10.2. The first-order valence-electron chi connectivity index (χ1n) is 5.24. The number of carboxylic acid groups (broad SMARTS) is 1. The molecule has 0 amide bonds. The number of alkyl halides is 3. The van der Waals surface area contributed by atoms with Gasteiger partial charge < -0.3 is 5.11 Å². The van der Waals surface area contributed by atoms with Crippen molar-refractivity contribution in [2.75, 3.05) is 5.75 Å². The van der Waals surface area contributed by atoms with E-state index in [0.29, 0.717) is 12.1 Å². The van der Waals surface area contributed by atoms with E-state index in [1.807, 2.05) is 0 Å². The van der Waals surface area contributed by atoms with Gasteiger partial charge in [0.25, 0.3) is 5.56 Å². The molecule has 112 valence electrons. The molecule has 0 aliphatic heterocycles. The van der Waals surface area contributed by atoms with Crippen LogP contribution in [-0.4, -0.2) is 29.8 Å². The van der Waals surface area contributed by atoms with Crippen molar-refractivity contribution in [3.8, 4) is 0 Å². The summed E-state index contributed by atoms with van der Waals surface area (Å²) in [6.45, 7) is 1.20. The Morgan fingerprint density at radius 3 is 2.30 bits per heavy atom. The minimum Gasteiger partial charge on any atom is -0.477 e. The van der Waals surface area contributed by atoms with Gasteiger partial charge in [-0.15, -0.1) is 0 Å². The molecule has 1 heterocycles. The molecular weight excluding hydrogens is 303 g/mol. The van der Waals surface area contributed by atoms with E-state index >= 15 is 0 Å². The van der Waals surface area contributed by atoms with Crippen molar-refractivity contribution in [2.24, 2.45) is 0 Å². The molecule has 0 bridgehead atoms. The van der Waals surface area contributed by atoms with Crippen molar-refractivity contribution < 1.29 is 31.5 Å². The second kappa shape index (κ2) is 5.27. The van der Waals surface area contributed by atoms with Gasteiger partial charge >= 0.3 is 12.1 Å². The topological polar surface area (TPSA) is 93.4 Å². The number of sulfone groups is 1. The third-order valence-corrected chi connectivity index (χ3v) is 3.99. The summed E-state index contributed by atoms with van der Waals surface area (Å²) < 4.78 is 60.9. The Labute approximate surface area is 111 Å². The average Bonchev–Trinajstić information content (AvgIpc) is 2.29. The van der Waals surface area contributed by atoms with Gasteiger partial charge in [-0.05, 0) is 12.1 Å². The van der Waals surface area contributed by atoms with Crippen molar-refractivity contribution >= 4 is 15.8 Å². The highest BCUT2D eigenvalue weighted by molar-refractivity contribution is 7.90. The van der Waals surface area contributed by atoms with Crippen LogP contribution in [0.15, 0.2) is 16.9 Å². The summed E-state index contributed by atoms with van der Waals surface area (Å²) in [6.07, 6.45) is -4.97. The van der Waals surface area contributed by atoms with Crippen LogP contribution in [0.3, 0.4) is 0 Å². The number of halogens is 3. The van der Waals surface area contributed by atoms with Gasteiger partial charge in [-0.2, -0.15) is 13.2 Å². The Kier molecular flexibility index (Phi) is 4.27. The standard InChI is InChI=1S/C10H10F3NO5S/c1-2-20(18,19)5-14-7(10(11,12)13)4-3-6(8(14)15)9(16)17/h3-4H,2,5H2,1H3,(H,16,17). The van der Waals surface area contributed by atoms with Crippen LogP contribution < -0.4 is 5.56 Å². The van der Waals surface area contributed by atoms with Gasteiger partial charge in [-0.25, -0.2) is 13.2 Å². The number of carbonyl (C=O) groups is 1. The minimum atomic E-state index is -4.97. The van der Waals surface area contributed by atoms with Gasteiger partial charge in [0.2, 0.25) is 0 Å². The summed E-state index contributed by atoms with van der Waals surface area (Å²) in [5.74, 6) is -3.43. The summed E-state index contributed by atoms with van der Waals surface area (Å²) in [5, 5.41) is 8.70. The predicted octanol–water partition coefficient (Wildman–Crippen LogP) is 0.958. The van der Waals surface area contributed by atoms with E-state index in [2.05, 4.69) is 0 Å². The highest BCUT2D eigenvalue weighted by atomic mass is 32.2. The van der Waals surface area contributed by atoms with Crippen LogP contribution in [0.4, 0.5) is 13.2 Å². The van der Waals surface area contributed by atoms with E-state index in [0.717, 1.165) is 0 Å². The Morgan fingerprint density at radius 2 is 1.90 bits per heavy atom. The lowest BCUT2D eigenvalue weighted by Gasteiger charge is -2.15. The van der Waals surface area contributed by atoms with Gasteiger partial charge in [0.1, 0.15) is 17.1 Å². The number of pyridine rings is 1. The van der Waals surface area contributed by atoms with Crippen molar-refractivity contribution in [1.29, 1.82) is 0 Å². The summed E-state index contributed by atoms with van der Waals surface area (Å²) in [4.78, 5) is 22.4. The molecule has 1 rings (SSSR count). The van der Waals surface area contributed by atoms with Crippen molar-refractivity contribution in [3.63, 3.8) is 0 Å². The van der Waals surface area contributed by atoms with E-state index in [4.69, 9.17) is 5.11 Å². The molecule has 0 fully saturated rings. The molecular formula is C10H10F3NO5S. The van der Waals surface area contributed by atoms with E-state index < -0.39 is 50.4 Å². The lowest BCUT2D eigenvalue weighted by molar-refractivity contribution is -0.143. The smallest absolute Gasteiger partial charge is 0.431 e. The number of hydrogen-bond acceptors (Lipinski definition) is 4. The number of nitrogens with zero attached hydrogens (tertiary/aromatic N) is 1. The Hall–Kier alpha value is -1.84. The summed E-state index contributed by atoms with van der Waals surface area (Å²) in [5.41, 5.74) is -3.95. The molecule has 6 nitrogen and oxygen atoms in total. The molecule has 20 heavy (non-hydrogen) atoms. The highest BCUT2D eigenvalue weighted by Gasteiger charge is 2.36. The lowest BCUT2D eigenvalue weighted by Crippen LogP contribution is -2.34. The van der Waals surface area contributed by atoms with Crippen LogP contribution in [0.2, 0.25) is 0 Å². The largest absolute Gasteiger partial charge is 0.477 e.